The molecule has 26 heteroatoms. The number of nitrogen functional groups attached to an aromatic ring is 2. The molecule has 0 unspecified atom stereocenters. The summed E-state index contributed by atoms with van der Waals surface area (Å²) >= 11 is 10.7. The lowest BCUT2D eigenvalue weighted by Gasteiger charge is -2.21. The monoisotopic (exact) mass is 1410 g/mol. The van der Waals surface area contributed by atoms with Crippen molar-refractivity contribution in [1.29, 1.82) is 0 Å². The molecule has 0 spiro atoms. The highest BCUT2D eigenvalue weighted by molar-refractivity contribution is 9.09. The number of anilines is 8. The van der Waals surface area contributed by atoms with Crippen LogP contribution in [0.2, 0.25) is 0 Å². The third-order valence-electron chi connectivity index (χ3n) is 11.4. The third-order valence-corrected chi connectivity index (χ3v) is 12.9. The number of hydrogen-bond donors (Lipinski definition) is 5. The largest absolute Gasteiger partial charge is 0.455 e. The standard InChI is InChI=1S/C24H29N5O3.C18H23BrN4O3.C16H22N4O2.C6H7N.C2H2BrClO/c1-24(2,3)32-22(31)20-21(26-19(30)16-25-17-12-8-6-9-13-17)27-23(28(4)5)29(20)18-14-10-7-11-15-18;1-18(2,3)26-16(25)14-15(20-13(24)11-19)21-17(22(4)5)23(14)12-9-7-6-8-10-12;1-16(2,3)22-14(21)12-13(17)18-15(19(4)5)20(12)11-9-7-6-8-10-11;7-6-4-2-1-3-5-6;3-1-2(4)5/h6-15,25H,16H2,1-5H3,(H,26,30);6-10H,11H2,1-5H3,(H,20,24);6-10H,17H2,1-5H3;1-5H,7H2;1H2. The van der Waals surface area contributed by atoms with Crippen LogP contribution >= 0.6 is 43.5 Å². The summed E-state index contributed by atoms with van der Waals surface area (Å²) in [5, 5.41) is 8.47. The first-order chi connectivity index (χ1) is 43.2. The van der Waals surface area contributed by atoms with Crippen molar-refractivity contribution in [2.45, 2.75) is 79.1 Å². The van der Waals surface area contributed by atoms with E-state index in [0.29, 0.717) is 17.8 Å². The van der Waals surface area contributed by atoms with Gasteiger partial charge in [-0.05, 0) is 135 Å². The summed E-state index contributed by atoms with van der Waals surface area (Å²) in [6.07, 6.45) is 0. The van der Waals surface area contributed by atoms with Crippen molar-refractivity contribution in [2.24, 2.45) is 0 Å². The molecule has 23 nitrogen and oxygen atoms in total. The molecule has 2 amide bonds. The van der Waals surface area contributed by atoms with E-state index in [0.717, 1.165) is 28.4 Å². The van der Waals surface area contributed by atoms with Crippen LogP contribution < -0.4 is 42.1 Å². The minimum atomic E-state index is -0.711. The molecular weight excluding hydrogens is 1330 g/mol. The molecule has 3 heterocycles. The number of carbonyl (C=O) groups is 6. The number of alkyl halides is 2. The van der Waals surface area contributed by atoms with Gasteiger partial charge in [-0.3, -0.25) is 28.1 Å². The number of nitrogens with one attached hydrogen (secondary N) is 3. The minimum Gasteiger partial charge on any atom is -0.455 e. The van der Waals surface area contributed by atoms with Gasteiger partial charge in [0.15, 0.2) is 34.5 Å². The van der Waals surface area contributed by atoms with E-state index in [1.807, 2.05) is 215 Å². The zero-order valence-electron chi connectivity index (χ0n) is 54.5. The zero-order valence-corrected chi connectivity index (χ0v) is 58.5. The molecule has 5 aromatic carbocycles. The van der Waals surface area contributed by atoms with Gasteiger partial charge < -0.3 is 56.3 Å². The van der Waals surface area contributed by atoms with Gasteiger partial charge in [0.05, 0.1) is 17.2 Å². The molecule has 0 saturated heterocycles. The van der Waals surface area contributed by atoms with Crippen molar-refractivity contribution in [3.05, 3.63) is 169 Å². The molecule has 0 radical (unpaired) electrons. The number of nitrogens with two attached hydrogens (primary N) is 2. The van der Waals surface area contributed by atoms with Crippen molar-refractivity contribution in [3.63, 3.8) is 0 Å². The molecule has 0 atom stereocenters. The fourth-order valence-corrected chi connectivity index (χ4v) is 8.01. The number of halogens is 3. The summed E-state index contributed by atoms with van der Waals surface area (Å²) in [5.41, 5.74) is 13.8. The number of hydrogen-bond acceptors (Lipinski definition) is 18. The molecule has 0 aliphatic rings. The quantitative estimate of drug-likeness (QED) is 0.0198. The Bertz CT molecular complexity index is 3680. The molecule has 3 aromatic heterocycles. The topological polar surface area (TPSA) is 281 Å². The summed E-state index contributed by atoms with van der Waals surface area (Å²) in [5.74, 6) is -0.242. The molecule has 492 valence electrons. The van der Waals surface area contributed by atoms with Gasteiger partial charge in [-0.2, -0.15) is 15.0 Å². The van der Waals surface area contributed by atoms with E-state index in [1.165, 1.54) is 0 Å². The summed E-state index contributed by atoms with van der Waals surface area (Å²) in [6, 6.07) is 47.1. The number of carbonyl (C=O) groups excluding carboxylic acids is 6. The van der Waals surface area contributed by atoms with Crippen LogP contribution in [0.25, 0.3) is 17.1 Å². The SMILES string of the molecule is CN(C)c1nc(N)c(C(=O)OC(C)(C)C)n1-c1ccccc1.CN(C)c1nc(NC(=O)CBr)c(C(=O)OC(C)(C)C)n1-c1ccccc1.CN(C)c1nc(NC(=O)CNc2ccccc2)c(C(=O)OC(C)(C)C)n1-c1ccccc1.Nc1ccccc1.O=C(Cl)CBr. The maximum Gasteiger partial charge on any atom is 0.359 e. The van der Waals surface area contributed by atoms with Gasteiger partial charge in [0, 0.05) is 70.7 Å². The van der Waals surface area contributed by atoms with Gasteiger partial charge in [0.2, 0.25) is 34.9 Å². The first-order valence-electron chi connectivity index (χ1n) is 28.7. The number of amides is 2. The zero-order chi connectivity index (χ0) is 68.7. The van der Waals surface area contributed by atoms with E-state index in [9.17, 15) is 28.8 Å². The molecule has 0 bridgehead atoms. The Hall–Kier alpha value is -9.20. The lowest BCUT2D eigenvalue weighted by molar-refractivity contribution is -0.115. The number of nitrogens with zero attached hydrogens (tertiary/aromatic N) is 9. The average Bonchev–Trinajstić information content (AvgIpc) is 1.64. The lowest BCUT2D eigenvalue weighted by atomic mass is 10.2. The third kappa shape index (κ3) is 23.9. The van der Waals surface area contributed by atoms with Gasteiger partial charge in [0.1, 0.15) is 16.8 Å². The summed E-state index contributed by atoms with van der Waals surface area (Å²) < 4.78 is 21.7. The number of rotatable bonds is 16. The van der Waals surface area contributed by atoms with Crippen molar-refractivity contribution in [1.82, 2.24) is 28.7 Å². The number of ether oxygens (including phenoxy) is 3. The van der Waals surface area contributed by atoms with Crippen LogP contribution in [0, 0.1) is 0 Å². The van der Waals surface area contributed by atoms with Crippen LogP contribution in [-0.2, 0) is 28.6 Å². The Morgan fingerprint density at radius 1 is 0.457 bits per heavy atom. The second-order valence-corrected chi connectivity index (χ2v) is 25.0. The van der Waals surface area contributed by atoms with E-state index >= 15 is 0 Å². The van der Waals surface area contributed by atoms with Crippen LogP contribution in [-0.4, -0.2) is 140 Å². The molecular formula is C66H83Br2ClN14O9. The Morgan fingerprint density at radius 2 is 0.750 bits per heavy atom. The van der Waals surface area contributed by atoms with Crippen LogP contribution in [0.4, 0.5) is 46.7 Å². The second kappa shape index (κ2) is 34.8. The first-order valence-corrected chi connectivity index (χ1v) is 31.3. The number of para-hydroxylation sites is 5. The van der Waals surface area contributed by atoms with E-state index in [2.05, 4.69) is 62.8 Å². The van der Waals surface area contributed by atoms with E-state index < -0.39 is 34.7 Å². The maximum atomic E-state index is 13.2. The highest BCUT2D eigenvalue weighted by atomic mass is 79.9. The predicted molar refractivity (Wildman–Crippen MR) is 375 cm³/mol. The molecule has 0 fully saturated rings. The van der Waals surface area contributed by atoms with E-state index in [-0.39, 0.29) is 68.8 Å². The van der Waals surface area contributed by atoms with Gasteiger partial charge in [0.25, 0.3) is 0 Å². The molecule has 0 aliphatic heterocycles. The van der Waals surface area contributed by atoms with E-state index in [4.69, 9.17) is 37.3 Å². The van der Waals surface area contributed by atoms with E-state index in [1.54, 1.807) is 69.9 Å². The summed E-state index contributed by atoms with van der Waals surface area (Å²) in [6.45, 7) is 16.2. The predicted octanol–water partition coefficient (Wildman–Crippen LogP) is 12.1. The molecule has 0 saturated carbocycles. The summed E-state index contributed by atoms with van der Waals surface area (Å²) in [4.78, 5) is 91.4. The molecule has 8 rings (SSSR count). The fourth-order valence-electron chi connectivity index (χ4n) is 7.87. The van der Waals surface area contributed by atoms with Gasteiger partial charge in [-0.1, -0.05) is 123 Å². The minimum absolute atomic E-state index is 0.0211. The van der Waals surface area contributed by atoms with Gasteiger partial charge in [-0.25, -0.2) is 14.4 Å². The molecule has 92 heavy (non-hydrogen) atoms. The van der Waals surface area contributed by atoms with Gasteiger partial charge >= 0.3 is 17.9 Å². The Kier molecular flexibility index (Phi) is 28.5. The molecule has 0 aliphatic carbocycles. The van der Waals surface area contributed by atoms with Crippen molar-refractivity contribution < 1.29 is 43.0 Å². The maximum absolute atomic E-state index is 13.2. The first kappa shape index (κ1) is 75.3. The van der Waals surface area contributed by atoms with Crippen molar-refractivity contribution in [3.8, 4) is 17.1 Å². The fraction of sp³-hybridized carbons (Fsp3) is 0.318. The number of imidazole rings is 3. The lowest BCUT2D eigenvalue weighted by Crippen LogP contribution is -2.28. The van der Waals surface area contributed by atoms with Crippen molar-refractivity contribution in [2.75, 3.05) is 102 Å². The molecule has 8 aromatic rings. The smallest absolute Gasteiger partial charge is 0.359 e. The Labute approximate surface area is 560 Å². The van der Waals surface area contributed by atoms with Crippen molar-refractivity contribution >= 4 is 125 Å². The highest BCUT2D eigenvalue weighted by Crippen LogP contribution is 2.32. The van der Waals surface area contributed by atoms with Crippen LogP contribution in [0.1, 0.15) is 93.8 Å². The molecule has 7 N–H and O–H groups in total. The average molecular weight is 1410 g/mol. The Balaban J connectivity index is 0.000000272. The van der Waals surface area contributed by atoms with Crippen LogP contribution in [0.3, 0.4) is 0 Å². The van der Waals surface area contributed by atoms with Gasteiger partial charge in [-0.15, -0.1) is 0 Å². The van der Waals surface area contributed by atoms with Crippen LogP contribution in [0.5, 0.6) is 0 Å². The highest BCUT2D eigenvalue weighted by Gasteiger charge is 2.33. The second-order valence-electron chi connectivity index (χ2n) is 23.4. The number of aromatic nitrogens is 6. The summed E-state index contributed by atoms with van der Waals surface area (Å²) in [7, 11) is 11.0. The Morgan fingerprint density at radius 3 is 1.04 bits per heavy atom. The normalized spacial score (nSPS) is 10.8. The number of esters is 3. The number of benzene rings is 5. The van der Waals surface area contributed by atoms with Crippen LogP contribution in [0.15, 0.2) is 152 Å².